The molecule has 0 unspecified atom stereocenters. The Hall–Kier alpha value is -3.09. The van der Waals surface area contributed by atoms with Crippen LogP contribution in [0, 0.1) is 0 Å². The van der Waals surface area contributed by atoms with Gasteiger partial charge in [0.1, 0.15) is 11.6 Å². The summed E-state index contributed by atoms with van der Waals surface area (Å²) >= 11 is 0. The van der Waals surface area contributed by atoms with Crippen molar-refractivity contribution in [3.63, 3.8) is 0 Å². The van der Waals surface area contributed by atoms with E-state index in [0.717, 1.165) is 24.4 Å². The molecule has 0 atom stereocenters. The second-order valence-electron chi connectivity index (χ2n) is 6.44. The Morgan fingerprint density at radius 1 is 1.35 bits per heavy atom. The molecule has 1 aliphatic heterocycles. The van der Waals surface area contributed by atoms with Gasteiger partial charge in [0.15, 0.2) is 6.61 Å². The number of aromatic nitrogens is 3. The van der Waals surface area contributed by atoms with Crippen molar-refractivity contribution < 1.29 is 9.53 Å². The number of nitrogens with one attached hydrogen (secondary N) is 1. The van der Waals surface area contributed by atoms with Gasteiger partial charge in [0.25, 0.3) is 11.5 Å². The van der Waals surface area contributed by atoms with Crippen LogP contribution >= 0.6 is 0 Å². The number of carbonyl (C=O) groups is 1. The Morgan fingerprint density at radius 3 is 3.04 bits per heavy atom. The maximum atomic E-state index is 12.6. The average molecular weight is 352 g/mol. The first kappa shape index (κ1) is 16.4. The molecule has 0 saturated heterocycles. The van der Waals surface area contributed by atoms with Crippen molar-refractivity contribution in [2.75, 3.05) is 6.61 Å². The minimum Gasteiger partial charge on any atom is -0.484 e. The smallest absolute Gasteiger partial charge is 0.261 e. The van der Waals surface area contributed by atoms with Crippen LogP contribution in [0.2, 0.25) is 0 Å². The van der Waals surface area contributed by atoms with Crippen LogP contribution in [0.15, 0.2) is 41.3 Å². The number of rotatable bonds is 5. The Balaban J connectivity index is 1.43. The molecule has 2 aromatic heterocycles. The molecule has 0 saturated carbocycles. The minimum atomic E-state index is -0.213. The second-order valence-corrected chi connectivity index (χ2v) is 6.44. The monoisotopic (exact) mass is 352 g/mol. The molecule has 26 heavy (non-hydrogen) atoms. The van der Waals surface area contributed by atoms with E-state index in [1.807, 2.05) is 29.9 Å². The standard InChI is InChI=1S/C19H20N4O3/c1-22-8-2-4-13(22)11-20-18(24)12-26-14-6-7-16-15(10-14)19(25)23-9-3-5-17(23)21-16/h2,4,6-8,10H,3,5,9,11-12H2,1H3,(H,20,24). The fourth-order valence-corrected chi connectivity index (χ4v) is 3.22. The van der Waals surface area contributed by atoms with Crippen molar-refractivity contribution in [2.45, 2.75) is 25.9 Å². The zero-order valence-electron chi connectivity index (χ0n) is 14.6. The Labute approximate surface area is 150 Å². The number of nitrogens with zero attached hydrogens (tertiary/aromatic N) is 3. The second kappa shape index (κ2) is 6.67. The molecule has 1 aliphatic rings. The molecule has 3 heterocycles. The average Bonchev–Trinajstić information content (AvgIpc) is 3.27. The van der Waals surface area contributed by atoms with Crippen molar-refractivity contribution >= 4 is 16.8 Å². The van der Waals surface area contributed by atoms with Crippen molar-refractivity contribution in [2.24, 2.45) is 7.05 Å². The lowest BCUT2D eigenvalue weighted by molar-refractivity contribution is -0.123. The molecule has 134 valence electrons. The van der Waals surface area contributed by atoms with Crippen LogP contribution in [0.5, 0.6) is 5.75 Å². The lowest BCUT2D eigenvalue weighted by Gasteiger charge is -2.10. The van der Waals surface area contributed by atoms with Gasteiger partial charge < -0.3 is 14.6 Å². The van der Waals surface area contributed by atoms with E-state index in [1.54, 1.807) is 22.8 Å². The van der Waals surface area contributed by atoms with Gasteiger partial charge in [0.05, 0.1) is 17.4 Å². The number of hydrogen-bond donors (Lipinski definition) is 1. The third kappa shape index (κ3) is 3.08. The molecule has 7 nitrogen and oxygen atoms in total. The number of amides is 1. The molecule has 0 bridgehead atoms. The molecule has 1 amide bonds. The quantitative estimate of drug-likeness (QED) is 0.752. The third-order valence-electron chi connectivity index (χ3n) is 4.67. The van der Waals surface area contributed by atoms with Crippen LogP contribution in [0.4, 0.5) is 0 Å². The summed E-state index contributed by atoms with van der Waals surface area (Å²) in [7, 11) is 1.93. The highest BCUT2D eigenvalue weighted by Crippen LogP contribution is 2.19. The first-order valence-corrected chi connectivity index (χ1v) is 8.65. The van der Waals surface area contributed by atoms with Crippen molar-refractivity contribution in [1.29, 1.82) is 0 Å². The Kier molecular flexibility index (Phi) is 4.20. The normalized spacial score (nSPS) is 13.0. The van der Waals surface area contributed by atoms with Gasteiger partial charge in [-0.1, -0.05) is 0 Å². The predicted octanol–water partition coefficient (Wildman–Crippen LogP) is 1.38. The highest BCUT2D eigenvalue weighted by molar-refractivity contribution is 5.80. The zero-order chi connectivity index (χ0) is 18.1. The zero-order valence-corrected chi connectivity index (χ0v) is 14.6. The molecule has 1 N–H and O–H groups in total. The van der Waals surface area contributed by atoms with Crippen LogP contribution < -0.4 is 15.6 Å². The summed E-state index contributed by atoms with van der Waals surface area (Å²) in [6.07, 6.45) is 3.71. The number of benzene rings is 1. The lowest BCUT2D eigenvalue weighted by Crippen LogP contribution is -2.29. The fourth-order valence-electron chi connectivity index (χ4n) is 3.22. The maximum absolute atomic E-state index is 12.6. The molecular weight excluding hydrogens is 332 g/mol. The van der Waals surface area contributed by atoms with Crippen molar-refractivity contribution in [3.05, 3.63) is 58.4 Å². The lowest BCUT2D eigenvalue weighted by atomic mass is 10.2. The van der Waals surface area contributed by atoms with Crippen LogP contribution in [-0.4, -0.2) is 26.6 Å². The molecular formula is C19H20N4O3. The van der Waals surface area contributed by atoms with Gasteiger partial charge in [-0.25, -0.2) is 4.98 Å². The number of fused-ring (bicyclic) bond motifs is 2. The molecule has 4 rings (SSSR count). The van der Waals surface area contributed by atoms with E-state index in [-0.39, 0.29) is 18.1 Å². The SMILES string of the molecule is Cn1cccc1CNC(=O)COc1ccc2nc3n(c(=O)c2c1)CCC3. The van der Waals surface area contributed by atoms with Gasteiger partial charge in [-0.3, -0.25) is 14.2 Å². The van der Waals surface area contributed by atoms with Gasteiger partial charge >= 0.3 is 0 Å². The summed E-state index contributed by atoms with van der Waals surface area (Å²) in [5.41, 5.74) is 1.64. The fraction of sp³-hybridized carbons (Fsp3) is 0.316. The van der Waals surface area contributed by atoms with Crippen LogP contribution in [0.1, 0.15) is 17.9 Å². The minimum absolute atomic E-state index is 0.0406. The van der Waals surface area contributed by atoms with Gasteiger partial charge in [-0.05, 0) is 36.8 Å². The summed E-state index contributed by atoms with van der Waals surface area (Å²) < 4.78 is 9.22. The molecule has 7 heteroatoms. The van der Waals surface area contributed by atoms with E-state index in [2.05, 4.69) is 10.3 Å². The van der Waals surface area contributed by atoms with Gasteiger partial charge in [-0.2, -0.15) is 0 Å². The highest BCUT2D eigenvalue weighted by atomic mass is 16.5. The van der Waals surface area contributed by atoms with E-state index in [0.29, 0.717) is 29.7 Å². The van der Waals surface area contributed by atoms with E-state index in [4.69, 9.17) is 4.74 Å². The number of aryl methyl sites for hydroxylation is 2. The largest absolute Gasteiger partial charge is 0.484 e. The number of hydrogen-bond acceptors (Lipinski definition) is 4. The van der Waals surface area contributed by atoms with Crippen LogP contribution in [-0.2, 0) is 31.4 Å². The van der Waals surface area contributed by atoms with Gasteiger partial charge in [-0.15, -0.1) is 0 Å². The molecule has 0 aliphatic carbocycles. The number of ether oxygens (including phenoxy) is 1. The maximum Gasteiger partial charge on any atom is 0.261 e. The van der Waals surface area contributed by atoms with Crippen LogP contribution in [0.3, 0.4) is 0 Å². The molecule has 0 fully saturated rings. The third-order valence-corrected chi connectivity index (χ3v) is 4.67. The van der Waals surface area contributed by atoms with Crippen molar-refractivity contribution in [1.82, 2.24) is 19.4 Å². The summed E-state index contributed by atoms with van der Waals surface area (Å²) in [4.78, 5) is 29.1. The Bertz CT molecular complexity index is 1030. The Morgan fingerprint density at radius 2 is 2.23 bits per heavy atom. The van der Waals surface area contributed by atoms with Crippen molar-refractivity contribution in [3.8, 4) is 5.75 Å². The van der Waals surface area contributed by atoms with E-state index in [9.17, 15) is 9.59 Å². The predicted molar refractivity (Wildman–Crippen MR) is 97.1 cm³/mol. The van der Waals surface area contributed by atoms with E-state index < -0.39 is 0 Å². The highest BCUT2D eigenvalue weighted by Gasteiger charge is 2.16. The van der Waals surface area contributed by atoms with E-state index >= 15 is 0 Å². The first-order valence-electron chi connectivity index (χ1n) is 8.65. The first-order chi connectivity index (χ1) is 12.6. The van der Waals surface area contributed by atoms with Gasteiger partial charge in [0.2, 0.25) is 0 Å². The molecule has 3 aromatic rings. The molecule has 1 aromatic carbocycles. The molecule has 0 spiro atoms. The topological polar surface area (TPSA) is 78.2 Å². The molecule has 0 radical (unpaired) electrons. The summed E-state index contributed by atoms with van der Waals surface area (Å²) in [5, 5.41) is 3.34. The van der Waals surface area contributed by atoms with Gasteiger partial charge in [0, 0.05) is 31.9 Å². The van der Waals surface area contributed by atoms with Crippen LogP contribution in [0.25, 0.3) is 10.9 Å². The number of carbonyl (C=O) groups excluding carboxylic acids is 1. The van der Waals surface area contributed by atoms with E-state index in [1.165, 1.54) is 0 Å². The summed E-state index contributed by atoms with van der Waals surface area (Å²) in [6.45, 7) is 1.06. The summed E-state index contributed by atoms with van der Waals surface area (Å²) in [6, 6.07) is 9.05. The summed E-state index contributed by atoms with van der Waals surface area (Å²) in [5.74, 6) is 1.12.